The van der Waals surface area contributed by atoms with Crippen molar-refractivity contribution >= 4 is 17.4 Å². The molecule has 26 heavy (non-hydrogen) atoms. The van der Waals surface area contributed by atoms with Crippen LogP contribution < -0.4 is 10.1 Å². The molecule has 0 radical (unpaired) electrons. The molecule has 1 aliphatic carbocycles. The summed E-state index contributed by atoms with van der Waals surface area (Å²) in [6.45, 7) is 3.02. The zero-order valence-corrected chi connectivity index (χ0v) is 15.2. The van der Waals surface area contributed by atoms with E-state index < -0.39 is 23.7 Å². The Balaban J connectivity index is 1.81. The van der Waals surface area contributed by atoms with E-state index in [2.05, 4.69) is 5.32 Å². The number of carbonyl (C=O) groups is 2. The molecule has 1 unspecified atom stereocenters. The maximum absolute atomic E-state index is 12.6. The van der Waals surface area contributed by atoms with Gasteiger partial charge in [0.25, 0.3) is 0 Å². The molecule has 1 aromatic carbocycles. The van der Waals surface area contributed by atoms with Crippen molar-refractivity contribution in [1.82, 2.24) is 0 Å². The number of methoxy groups -OCH3 is 1. The van der Waals surface area contributed by atoms with Crippen LogP contribution in [0.1, 0.15) is 26.2 Å². The summed E-state index contributed by atoms with van der Waals surface area (Å²) in [4.78, 5) is 25.2. The Morgan fingerprint density at radius 1 is 1.31 bits per heavy atom. The van der Waals surface area contributed by atoms with E-state index in [0.717, 1.165) is 0 Å². The monoisotopic (exact) mass is 363 g/mol. The van der Waals surface area contributed by atoms with Crippen molar-refractivity contribution in [2.24, 2.45) is 5.92 Å². The molecule has 2 aliphatic rings. The fraction of sp³-hybridized carbons (Fsp3) is 0.579. The summed E-state index contributed by atoms with van der Waals surface area (Å²) in [5.41, 5.74) is 0.713. The summed E-state index contributed by atoms with van der Waals surface area (Å²) >= 11 is 0. The number of carbonyl (C=O) groups excluding carboxylic acids is 2. The maximum atomic E-state index is 12.6. The van der Waals surface area contributed by atoms with Gasteiger partial charge in [-0.3, -0.25) is 4.79 Å². The molecular formula is C19H25NO6. The Morgan fingerprint density at radius 2 is 2.00 bits per heavy atom. The first kappa shape index (κ1) is 18.7. The van der Waals surface area contributed by atoms with Crippen molar-refractivity contribution in [3.63, 3.8) is 0 Å². The smallest absolute Gasteiger partial charge is 0.329 e. The minimum atomic E-state index is -0.791. The molecule has 2 fully saturated rings. The lowest BCUT2D eigenvalue weighted by Crippen LogP contribution is -2.50. The normalized spacial score (nSPS) is 22.8. The van der Waals surface area contributed by atoms with E-state index in [4.69, 9.17) is 18.9 Å². The largest absolute Gasteiger partial charge is 0.497 e. The molecule has 1 aromatic rings. The molecule has 1 heterocycles. The molecule has 142 valence electrons. The highest BCUT2D eigenvalue weighted by molar-refractivity contribution is 5.91. The van der Waals surface area contributed by atoms with E-state index in [0.29, 0.717) is 43.9 Å². The van der Waals surface area contributed by atoms with Crippen LogP contribution in [0.25, 0.3) is 0 Å². The van der Waals surface area contributed by atoms with Crippen molar-refractivity contribution in [3.8, 4) is 5.75 Å². The average molecular weight is 363 g/mol. The van der Waals surface area contributed by atoms with Gasteiger partial charge in [-0.05, 0) is 31.2 Å². The molecule has 1 spiro atoms. The first-order valence-corrected chi connectivity index (χ1v) is 8.95. The summed E-state index contributed by atoms with van der Waals surface area (Å²) in [6.07, 6.45) is 1.20. The third-order valence-corrected chi connectivity index (χ3v) is 4.87. The van der Waals surface area contributed by atoms with E-state index in [1.54, 1.807) is 38.3 Å². The Morgan fingerprint density at radius 3 is 2.62 bits per heavy atom. The van der Waals surface area contributed by atoms with Crippen LogP contribution in [0.3, 0.4) is 0 Å². The van der Waals surface area contributed by atoms with Crippen molar-refractivity contribution in [3.05, 3.63) is 24.3 Å². The molecule has 0 aromatic heterocycles. The summed E-state index contributed by atoms with van der Waals surface area (Å²) < 4.78 is 21.9. The molecule has 1 saturated heterocycles. The Kier molecular flexibility index (Phi) is 5.78. The topological polar surface area (TPSA) is 83.1 Å². The highest BCUT2D eigenvalue weighted by atomic mass is 16.7. The summed E-state index contributed by atoms with van der Waals surface area (Å²) in [5, 5.41) is 3.16. The first-order chi connectivity index (χ1) is 12.6. The number of esters is 1. The number of nitrogens with one attached hydrogen (secondary N) is 1. The van der Waals surface area contributed by atoms with E-state index in [9.17, 15) is 9.59 Å². The molecule has 2 atom stereocenters. The fourth-order valence-electron chi connectivity index (χ4n) is 3.54. The van der Waals surface area contributed by atoms with Gasteiger partial charge in [0.15, 0.2) is 5.79 Å². The quantitative estimate of drug-likeness (QED) is 0.775. The van der Waals surface area contributed by atoms with E-state index in [1.807, 2.05) is 0 Å². The van der Waals surface area contributed by atoms with E-state index in [1.165, 1.54) is 0 Å². The molecular weight excluding hydrogens is 338 g/mol. The van der Waals surface area contributed by atoms with Gasteiger partial charge >= 0.3 is 5.97 Å². The number of anilines is 1. The minimum Gasteiger partial charge on any atom is -0.497 e. The highest BCUT2D eigenvalue weighted by Crippen LogP contribution is 2.39. The SMILES string of the molecule is CCOC(=O)[C@@H](Nc1ccc(OC)cc1)C1CC2(CCC1=O)OCCO2. The second kappa shape index (κ2) is 8.05. The van der Waals surface area contributed by atoms with Crippen LogP contribution in [0.2, 0.25) is 0 Å². The number of ketones is 1. The van der Waals surface area contributed by atoms with Gasteiger partial charge in [0.1, 0.15) is 17.6 Å². The van der Waals surface area contributed by atoms with Crippen LogP contribution in [-0.2, 0) is 23.8 Å². The lowest BCUT2D eigenvalue weighted by atomic mass is 9.79. The first-order valence-electron chi connectivity index (χ1n) is 8.95. The number of Topliss-reactive ketones (excluding diaryl/α,β-unsaturated/α-hetero) is 1. The molecule has 3 rings (SSSR count). The molecule has 0 bridgehead atoms. The number of hydrogen-bond donors (Lipinski definition) is 1. The van der Waals surface area contributed by atoms with Gasteiger partial charge in [-0.1, -0.05) is 0 Å². The third-order valence-electron chi connectivity index (χ3n) is 4.87. The third kappa shape index (κ3) is 3.99. The summed E-state index contributed by atoms with van der Waals surface area (Å²) in [5.74, 6) is -1.04. The van der Waals surface area contributed by atoms with E-state index >= 15 is 0 Å². The number of ether oxygens (including phenoxy) is 4. The fourth-order valence-corrected chi connectivity index (χ4v) is 3.54. The second-order valence-electron chi connectivity index (χ2n) is 6.49. The molecule has 7 nitrogen and oxygen atoms in total. The van der Waals surface area contributed by atoms with Gasteiger partial charge in [-0.15, -0.1) is 0 Å². The highest BCUT2D eigenvalue weighted by Gasteiger charge is 2.49. The standard InChI is InChI=1S/C19H25NO6/c1-3-24-18(22)17(20-13-4-6-14(23-2)7-5-13)15-12-19(9-8-16(15)21)25-10-11-26-19/h4-7,15,17,20H,3,8-12H2,1-2H3/t15?,17-/m0/s1. The van der Waals surface area contributed by atoms with Gasteiger partial charge < -0.3 is 24.3 Å². The lowest BCUT2D eigenvalue weighted by Gasteiger charge is -2.38. The number of benzene rings is 1. The van der Waals surface area contributed by atoms with Gasteiger partial charge in [0, 0.05) is 24.9 Å². The van der Waals surface area contributed by atoms with Gasteiger partial charge in [-0.2, -0.15) is 0 Å². The zero-order chi connectivity index (χ0) is 18.6. The van der Waals surface area contributed by atoms with Crippen LogP contribution >= 0.6 is 0 Å². The van der Waals surface area contributed by atoms with Crippen molar-refractivity contribution in [2.75, 3.05) is 32.2 Å². The maximum Gasteiger partial charge on any atom is 0.329 e. The molecule has 1 N–H and O–H groups in total. The molecule has 0 amide bonds. The zero-order valence-electron chi connectivity index (χ0n) is 15.2. The molecule has 1 aliphatic heterocycles. The Bertz CT molecular complexity index is 638. The van der Waals surface area contributed by atoms with Crippen LogP contribution in [0, 0.1) is 5.92 Å². The molecule has 7 heteroatoms. The van der Waals surface area contributed by atoms with Crippen molar-refractivity contribution in [1.29, 1.82) is 0 Å². The van der Waals surface area contributed by atoms with E-state index in [-0.39, 0.29) is 12.4 Å². The van der Waals surface area contributed by atoms with Crippen LogP contribution in [0.5, 0.6) is 5.75 Å². The second-order valence-corrected chi connectivity index (χ2v) is 6.49. The van der Waals surface area contributed by atoms with Crippen molar-refractivity contribution < 1.29 is 28.5 Å². The summed E-state index contributed by atoms with van der Waals surface area (Å²) in [7, 11) is 1.59. The predicted molar refractivity (Wildman–Crippen MR) is 94.0 cm³/mol. The Labute approximate surface area is 152 Å². The average Bonchev–Trinajstić information content (AvgIpc) is 3.11. The van der Waals surface area contributed by atoms with Crippen LogP contribution in [-0.4, -0.2) is 50.5 Å². The van der Waals surface area contributed by atoms with Crippen LogP contribution in [0.4, 0.5) is 5.69 Å². The number of hydrogen-bond acceptors (Lipinski definition) is 7. The summed E-state index contributed by atoms with van der Waals surface area (Å²) in [6, 6.07) is 6.39. The van der Waals surface area contributed by atoms with Gasteiger partial charge in [0.05, 0.1) is 32.8 Å². The van der Waals surface area contributed by atoms with Crippen molar-refractivity contribution in [2.45, 2.75) is 38.0 Å². The van der Waals surface area contributed by atoms with Crippen LogP contribution in [0.15, 0.2) is 24.3 Å². The predicted octanol–water partition coefficient (Wildman–Crippen LogP) is 2.15. The number of rotatable bonds is 6. The van der Waals surface area contributed by atoms with Gasteiger partial charge in [-0.25, -0.2) is 4.79 Å². The Hall–Kier alpha value is -2.12. The minimum absolute atomic E-state index is 0.0220. The molecule has 1 saturated carbocycles. The van der Waals surface area contributed by atoms with Gasteiger partial charge in [0.2, 0.25) is 0 Å². The lowest BCUT2D eigenvalue weighted by molar-refractivity contribution is -0.191.